The summed E-state index contributed by atoms with van der Waals surface area (Å²) < 4.78 is 0. The molecule has 6 heteroatoms. The average molecular weight is 387 g/mol. The molecule has 2 heterocycles. The molecule has 1 unspecified atom stereocenters. The van der Waals surface area contributed by atoms with Gasteiger partial charge in [0.25, 0.3) is 0 Å². The van der Waals surface area contributed by atoms with Gasteiger partial charge in [-0.05, 0) is 37.8 Å². The van der Waals surface area contributed by atoms with Crippen molar-refractivity contribution in [2.24, 2.45) is 0 Å². The van der Waals surface area contributed by atoms with E-state index in [0.29, 0.717) is 19.6 Å². The number of rotatable bonds is 4. The van der Waals surface area contributed by atoms with E-state index in [1.807, 2.05) is 28.9 Å². The Kier molecular flexibility index (Phi) is 7.31. The van der Waals surface area contributed by atoms with E-state index in [-0.39, 0.29) is 18.0 Å². The summed E-state index contributed by atoms with van der Waals surface area (Å²) in [5.74, 6) is 0.243. The van der Waals surface area contributed by atoms with Crippen molar-refractivity contribution in [2.45, 2.75) is 45.6 Å². The monoisotopic (exact) mass is 386 g/mol. The van der Waals surface area contributed by atoms with Gasteiger partial charge in [0.2, 0.25) is 5.91 Å². The molecule has 3 amide bonds. The van der Waals surface area contributed by atoms with Crippen LogP contribution in [-0.4, -0.2) is 72.5 Å². The van der Waals surface area contributed by atoms with E-state index in [4.69, 9.17) is 0 Å². The summed E-state index contributed by atoms with van der Waals surface area (Å²) in [7, 11) is 0. The van der Waals surface area contributed by atoms with Crippen LogP contribution >= 0.6 is 0 Å². The lowest BCUT2D eigenvalue weighted by Gasteiger charge is -2.36. The molecule has 0 aromatic heterocycles. The molecular weight excluding hydrogens is 352 g/mol. The van der Waals surface area contributed by atoms with Crippen LogP contribution in [0.3, 0.4) is 0 Å². The molecule has 0 saturated carbocycles. The number of urea groups is 1. The molecule has 1 N–H and O–H groups in total. The van der Waals surface area contributed by atoms with Crippen LogP contribution in [0, 0.1) is 6.92 Å². The van der Waals surface area contributed by atoms with Crippen molar-refractivity contribution in [3.05, 3.63) is 35.4 Å². The highest BCUT2D eigenvalue weighted by molar-refractivity contribution is 5.78. The van der Waals surface area contributed by atoms with Crippen LogP contribution in [0.5, 0.6) is 0 Å². The molecule has 154 valence electrons. The number of piperazine rings is 1. The summed E-state index contributed by atoms with van der Waals surface area (Å²) in [4.78, 5) is 31.3. The highest BCUT2D eigenvalue weighted by Crippen LogP contribution is 2.17. The van der Waals surface area contributed by atoms with Crippen LogP contribution < -0.4 is 5.32 Å². The molecule has 2 saturated heterocycles. The number of hydrogen-bond acceptors (Lipinski definition) is 3. The SMILES string of the molecule is Cc1ccccc1C(C)NC(=O)N1CCN(CC(=O)N2CCCCCC2)CC1. The maximum absolute atomic E-state index is 12.6. The van der Waals surface area contributed by atoms with Crippen molar-refractivity contribution in [1.29, 1.82) is 0 Å². The fourth-order valence-corrected chi connectivity index (χ4v) is 4.15. The Morgan fingerprint density at radius 1 is 0.929 bits per heavy atom. The van der Waals surface area contributed by atoms with Crippen molar-refractivity contribution in [3.63, 3.8) is 0 Å². The van der Waals surface area contributed by atoms with Crippen molar-refractivity contribution < 1.29 is 9.59 Å². The minimum atomic E-state index is -0.0192. The molecule has 2 aliphatic rings. The van der Waals surface area contributed by atoms with Crippen molar-refractivity contribution in [1.82, 2.24) is 20.0 Å². The molecule has 3 rings (SSSR count). The van der Waals surface area contributed by atoms with Crippen molar-refractivity contribution in [3.8, 4) is 0 Å². The number of aryl methyl sites for hydroxylation is 1. The van der Waals surface area contributed by atoms with Gasteiger partial charge in [-0.3, -0.25) is 9.69 Å². The van der Waals surface area contributed by atoms with Crippen LogP contribution in [0.1, 0.15) is 49.8 Å². The lowest BCUT2D eigenvalue weighted by atomic mass is 10.0. The molecule has 1 aromatic carbocycles. The highest BCUT2D eigenvalue weighted by atomic mass is 16.2. The van der Waals surface area contributed by atoms with E-state index in [2.05, 4.69) is 29.3 Å². The Balaban J connectivity index is 1.43. The van der Waals surface area contributed by atoms with Crippen LogP contribution in [0.4, 0.5) is 4.79 Å². The van der Waals surface area contributed by atoms with E-state index < -0.39 is 0 Å². The van der Waals surface area contributed by atoms with E-state index >= 15 is 0 Å². The summed E-state index contributed by atoms with van der Waals surface area (Å²) in [6.07, 6.45) is 4.72. The van der Waals surface area contributed by atoms with Gasteiger partial charge in [0.05, 0.1) is 12.6 Å². The molecule has 2 aliphatic heterocycles. The zero-order chi connectivity index (χ0) is 19.9. The smallest absolute Gasteiger partial charge is 0.317 e. The first-order chi connectivity index (χ1) is 13.5. The second-order valence-electron chi connectivity index (χ2n) is 8.09. The molecule has 0 radical (unpaired) electrons. The van der Waals surface area contributed by atoms with E-state index in [1.165, 1.54) is 18.4 Å². The third kappa shape index (κ3) is 5.47. The quantitative estimate of drug-likeness (QED) is 0.866. The predicted octanol–water partition coefficient (Wildman–Crippen LogP) is 2.79. The van der Waals surface area contributed by atoms with Gasteiger partial charge >= 0.3 is 6.03 Å². The normalized spacial score (nSPS) is 19.8. The molecule has 0 bridgehead atoms. The third-order valence-corrected chi connectivity index (χ3v) is 5.97. The Bertz CT molecular complexity index is 662. The maximum Gasteiger partial charge on any atom is 0.317 e. The van der Waals surface area contributed by atoms with Gasteiger partial charge in [-0.2, -0.15) is 0 Å². The molecule has 1 aromatic rings. The number of amides is 3. The number of carbonyl (C=O) groups excluding carboxylic acids is 2. The highest BCUT2D eigenvalue weighted by Gasteiger charge is 2.25. The summed E-state index contributed by atoms with van der Waals surface area (Å²) in [5, 5.41) is 3.11. The second-order valence-corrected chi connectivity index (χ2v) is 8.09. The van der Waals surface area contributed by atoms with Gasteiger partial charge in [0, 0.05) is 39.3 Å². The van der Waals surface area contributed by atoms with E-state index in [1.54, 1.807) is 0 Å². The third-order valence-electron chi connectivity index (χ3n) is 5.97. The number of nitrogens with one attached hydrogen (secondary N) is 1. The summed E-state index contributed by atoms with van der Waals surface area (Å²) in [5.41, 5.74) is 2.34. The number of likely N-dealkylation sites (tertiary alicyclic amines) is 1. The number of nitrogens with zero attached hydrogens (tertiary/aromatic N) is 3. The molecule has 28 heavy (non-hydrogen) atoms. The fourth-order valence-electron chi connectivity index (χ4n) is 4.15. The van der Waals surface area contributed by atoms with Gasteiger partial charge in [-0.15, -0.1) is 0 Å². The Hall–Kier alpha value is -2.08. The number of hydrogen-bond donors (Lipinski definition) is 1. The first-order valence-corrected chi connectivity index (χ1v) is 10.7. The molecule has 1 atom stereocenters. The lowest BCUT2D eigenvalue weighted by Crippen LogP contribution is -2.54. The fraction of sp³-hybridized carbons (Fsp3) is 0.636. The molecule has 0 spiro atoms. The van der Waals surface area contributed by atoms with Gasteiger partial charge in [-0.25, -0.2) is 4.79 Å². The van der Waals surface area contributed by atoms with Gasteiger partial charge in [0.15, 0.2) is 0 Å². The maximum atomic E-state index is 12.6. The Labute approximate surface area is 168 Å². The van der Waals surface area contributed by atoms with Crippen molar-refractivity contribution in [2.75, 3.05) is 45.8 Å². The zero-order valence-electron chi connectivity index (χ0n) is 17.3. The number of carbonyl (C=O) groups is 2. The predicted molar refractivity (Wildman–Crippen MR) is 111 cm³/mol. The first-order valence-electron chi connectivity index (χ1n) is 10.7. The van der Waals surface area contributed by atoms with E-state index in [0.717, 1.165) is 44.6 Å². The van der Waals surface area contributed by atoms with Crippen LogP contribution in [0.25, 0.3) is 0 Å². The van der Waals surface area contributed by atoms with Crippen molar-refractivity contribution >= 4 is 11.9 Å². The number of benzene rings is 1. The van der Waals surface area contributed by atoms with Gasteiger partial charge < -0.3 is 15.1 Å². The molecule has 2 fully saturated rings. The summed E-state index contributed by atoms with van der Waals surface area (Å²) >= 11 is 0. The average Bonchev–Trinajstić information content (AvgIpc) is 2.98. The Morgan fingerprint density at radius 3 is 2.21 bits per heavy atom. The topological polar surface area (TPSA) is 55.9 Å². The standard InChI is InChI=1S/C22H34N4O2/c1-18-9-5-6-10-20(18)19(2)23-22(28)26-15-13-24(14-16-26)17-21(27)25-11-7-3-4-8-12-25/h5-6,9-10,19H,3-4,7-8,11-17H2,1-2H3,(H,23,28). The van der Waals surface area contributed by atoms with Gasteiger partial charge in [-0.1, -0.05) is 37.1 Å². The minimum Gasteiger partial charge on any atom is -0.342 e. The van der Waals surface area contributed by atoms with E-state index in [9.17, 15) is 9.59 Å². The Morgan fingerprint density at radius 2 is 1.57 bits per heavy atom. The van der Waals surface area contributed by atoms with Gasteiger partial charge in [0.1, 0.15) is 0 Å². The first kappa shape index (κ1) is 20.6. The van der Waals surface area contributed by atoms with Crippen LogP contribution in [0.15, 0.2) is 24.3 Å². The molecule has 0 aliphatic carbocycles. The molecular formula is C22H34N4O2. The largest absolute Gasteiger partial charge is 0.342 e. The minimum absolute atomic E-state index is 0.0173. The van der Waals surface area contributed by atoms with Crippen LogP contribution in [-0.2, 0) is 4.79 Å². The zero-order valence-corrected chi connectivity index (χ0v) is 17.3. The summed E-state index contributed by atoms with van der Waals surface area (Å²) in [6, 6.07) is 8.11. The molecule has 6 nitrogen and oxygen atoms in total. The van der Waals surface area contributed by atoms with Crippen LogP contribution in [0.2, 0.25) is 0 Å². The lowest BCUT2D eigenvalue weighted by molar-refractivity contribution is -0.132. The second kappa shape index (κ2) is 9.92. The summed E-state index contributed by atoms with van der Waals surface area (Å²) in [6.45, 7) is 9.22.